The zero-order valence-corrected chi connectivity index (χ0v) is 11.7. The molecule has 1 heterocycles. The van der Waals surface area contributed by atoms with Crippen LogP contribution in [0.4, 0.5) is 0 Å². The normalized spacial score (nSPS) is 12.1. The summed E-state index contributed by atoms with van der Waals surface area (Å²) >= 11 is 3.58. The van der Waals surface area contributed by atoms with Crippen molar-refractivity contribution in [3.63, 3.8) is 0 Å². The maximum absolute atomic E-state index is 11.7. The van der Waals surface area contributed by atoms with Gasteiger partial charge in [-0.05, 0) is 35.1 Å². The number of halogens is 1. The van der Waals surface area contributed by atoms with Crippen LogP contribution in [0.2, 0.25) is 0 Å². The molecule has 0 unspecified atom stereocenters. The van der Waals surface area contributed by atoms with E-state index in [1.165, 1.54) is 11.3 Å². The zero-order chi connectivity index (χ0) is 12.1. The predicted molar refractivity (Wildman–Crippen MR) is 70.8 cm³/mol. The fourth-order valence-corrected chi connectivity index (χ4v) is 2.54. The molecule has 0 bridgehead atoms. The lowest BCUT2D eigenvalue weighted by atomic mass is 10.1. The van der Waals surface area contributed by atoms with Crippen LogP contribution in [0.25, 0.3) is 0 Å². The van der Waals surface area contributed by atoms with Gasteiger partial charge in [0.25, 0.3) is 5.91 Å². The maximum atomic E-state index is 11.7. The molecule has 0 aromatic carbocycles. The van der Waals surface area contributed by atoms with Gasteiger partial charge in [0.15, 0.2) is 0 Å². The molecule has 1 atom stereocenters. The van der Waals surface area contributed by atoms with Crippen molar-refractivity contribution in [2.24, 2.45) is 0 Å². The summed E-state index contributed by atoms with van der Waals surface area (Å²) in [5, 5.41) is 13.1. The van der Waals surface area contributed by atoms with E-state index in [9.17, 15) is 9.59 Å². The molecular formula is C10H12INO3S. The van der Waals surface area contributed by atoms with Crippen LogP contribution in [0, 0.1) is 2.88 Å². The Morgan fingerprint density at radius 1 is 1.62 bits per heavy atom. The molecule has 0 saturated heterocycles. The molecule has 6 heteroatoms. The van der Waals surface area contributed by atoms with Crippen molar-refractivity contribution in [3.8, 4) is 0 Å². The van der Waals surface area contributed by atoms with Crippen molar-refractivity contribution in [3.05, 3.63) is 19.9 Å². The van der Waals surface area contributed by atoms with E-state index in [2.05, 4.69) is 27.9 Å². The van der Waals surface area contributed by atoms with Gasteiger partial charge in [-0.15, -0.1) is 11.3 Å². The Morgan fingerprint density at radius 3 is 2.75 bits per heavy atom. The number of rotatable bonds is 5. The highest BCUT2D eigenvalue weighted by Gasteiger charge is 2.19. The van der Waals surface area contributed by atoms with E-state index in [4.69, 9.17) is 5.11 Å². The molecule has 16 heavy (non-hydrogen) atoms. The second-order valence-electron chi connectivity index (χ2n) is 3.29. The van der Waals surface area contributed by atoms with E-state index >= 15 is 0 Å². The van der Waals surface area contributed by atoms with Gasteiger partial charge in [-0.25, -0.2) is 4.79 Å². The maximum Gasteiger partial charge on any atom is 0.326 e. The number of amides is 1. The minimum absolute atomic E-state index is 0.319. The van der Waals surface area contributed by atoms with Gasteiger partial charge in [-0.2, -0.15) is 0 Å². The van der Waals surface area contributed by atoms with Gasteiger partial charge < -0.3 is 10.4 Å². The van der Waals surface area contributed by atoms with E-state index < -0.39 is 12.0 Å². The number of aliphatic carboxylic acids is 1. The average Bonchev–Trinajstić information content (AvgIpc) is 2.64. The van der Waals surface area contributed by atoms with Gasteiger partial charge in [0.05, 0.1) is 8.45 Å². The second-order valence-corrected chi connectivity index (χ2v) is 6.10. The number of carboxylic acids is 1. The summed E-state index contributed by atoms with van der Waals surface area (Å²) in [6, 6.07) is 0.945. The highest BCUT2D eigenvalue weighted by Crippen LogP contribution is 2.16. The van der Waals surface area contributed by atoms with Gasteiger partial charge in [0.2, 0.25) is 0 Å². The quantitative estimate of drug-likeness (QED) is 0.799. The minimum atomic E-state index is -0.986. The molecule has 4 nitrogen and oxygen atoms in total. The molecule has 0 saturated carbocycles. The van der Waals surface area contributed by atoms with Crippen LogP contribution in [-0.4, -0.2) is 23.0 Å². The van der Waals surface area contributed by atoms with Crippen molar-refractivity contribution in [1.29, 1.82) is 0 Å². The van der Waals surface area contributed by atoms with Crippen LogP contribution in [-0.2, 0) is 4.79 Å². The van der Waals surface area contributed by atoms with Crippen molar-refractivity contribution >= 4 is 45.8 Å². The molecule has 0 aliphatic carbocycles. The van der Waals surface area contributed by atoms with Gasteiger partial charge in [0.1, 0.15) is 6.04 Å². The number of carboxylic acid groups (broad SMARTS) is 1. The summed E-state index contributed by atoms with van der Waals surface area (Å²) in [7, 11) is 0. The second kappa shape index (κ2) is 6.19. The number of thiophene rings is 1. The molecule has 0 fully saturated rings. The van der Waals surface area contributed by atoms with Gasteiger partial charge in [-0.1, -0.05) is 13.3 Å². The van der Waals surface area contributed by atoms with Crippen LogP contribution < -0.4 is 5.32 Å². The smallest absolute Gasteiger partial charge is 0.326 e. The molecule has 1 amide bonds. The monoisotopic (exact) mass is 353 g/mol. The number of hydrogen-bond acceptors (Lipinski definition) is 3. The lowest BCUT2D eigenvalue weighted by Gasteiger charge is -2.12. The van der Waals surface area contributed by atoms with Gasteiger partial charge in [-0.3, -0.25) is 4.79 Å². The number of carbonyl (C=O) groups is 2. The molecule has 2 N–H and O–H groups in total. The molecule has 1 aromatic heterocycles. The van der Waals surface area contributed by atoms with Crippen LogP contribution in [0.5, 0.6) is 0 Å². The Morgan fingerprint density at radius 2 is 2.31 bits per heavy atom. The molecule has 0 radical (unpaired) electrons. The first kappa shape index (κ1) is 13.4. The van der Waals surface area contributed by atoms with Crippen LogP contribution >= 0.6 is 33.9 Å². The fraction of sp³-hybridized carbons (Fsp3) is 0.400. The topological polar surface area (TPSA) is 66.4 Å². The molecule has 0 spiro atoms. The fourth-order valence-electron chi connectivity index (χ4n) is 1.22. The SMILES string of the molecule is CCC[C@H](NC(=O)c1csc(I)c1)C(=O)O. The summed E-state index contributed by atoms with van der Waals surface area (Å²) in [4.78, 5) is 22.5. The van der Waals surface area contributed by atoms with Gasteiger partial charge in [0, 0.05) is 5.38 Å². The standard InChI is InChI=1S/C10H12INO3S/c1-2-3-7(10(14)15)12-9(13)6-4-8(11)16-5-6/h4-5,7H,2-3H2,1H3,(H,12,13)(H,14,15)/t7-/m0/s1. The molecule has 1 rings (SSSR count). The Bertz CT molecular complexity index is 391. The number of nitrogens with one attached hydrogen (secondary N) is 1. The Kier molecular flexibility index (Phi) is 5.20. The van der Waals surface area contributed by atoms with E-state index in [1.807, 2.05) is 6.92 Å². The highest BCUT2D eigenvalue weighted by molar-refractivity contribution is 14.1. The third kappa shape index (κ3) is 3.75. The summed E-state index contributed by atoms with van der Waals surface area (Å²) in [5.41, 5.74) is 0.525. The Labute approximate surface area is 111 Å². The number of hydrogen-bond donors (Lipinski definition) is 2. The summed E-state index contributed by atoms with van der Waals surface area (Å²) in [6.07, 6.45) is 1.17. The van der Waals surface area contributed by atoms with Crippen molar-refractivity contribution in [1.82, 2.24) is 5.32 Å². The van der Waals surface area contributed by atoms with E-state index in [0.29, 0.717) is 12.0 Å². The van der Waals surface area contributed by atoms with Crippen LogP contribution in [0.15, 0.2) is 11.4 Å². The first-order valence-corrected chi connectivity index (χ1v) is 6.78. The third-order valence-corrected chi connectivity index (χ3v) is 3.80. The lowest BCUT2D eigenvalue weighted by Crippen LogP contribution is -2.40. The average molecular weight is 353 g/mol. The summed E-state index contributed by atoms with van der Waals surface area (Å²) in [5.74, 6) is -1.31. The minimum Gasteiger partial charge on any atom is -0.480 e. The Hall–Kier alpha value is -0.630. The molecule has 0 aliphatic rings. The first-order valence-electron chi connectivity index (χ1n) is 4.82. The van der Waals surface area contributed by atoms with Crippen LogP contribution in [0.1, 0.15) is 30.1 Å². The largest absolute Gasteiger partial charge is 0.480 e. The summed E-state index contributed by atoms with van der Waals surface area (Å²) < 4.78 is 1.00. The predicted octanol–water partition coefficient (Wildman–Crippen LogP) is 2.34. The zero-order valence-electron chi connectivity index (χ0n) is 8.70. The third-order valence-electron chi connectivity index (χ3n) is 2.01. The highest BCUT2D eigenvalue weighted by atomic mass is 127. The molecule has 88 valence electrons. The number of carbonyl (C=O) groups excluding carboxylic acids is 1. The van der Waals surface area contributed by atoms with Gasteiger partial charge >= 0.3 is 5.97 Å². The van der Waals surface area contributed by atoms with E-state index in [-0.39, 0.29) is 5.91 Å². The summed E-state index contributed by atoms with van der Waals surface area (Å²) in [6.45, 7) is 1.88. The van der Waals surface area contributed by atoms with Crippen molar-refractivity contribution in [2.75, 3.05) is 0 Å². The first-order chi connectivity index (χ1) is 7.54. The van der Waals surface area contributed by atoms with Crippen LogP contribution in [0.3, 0.4) is 0 Å². The van der Waals surface area contributed by atoms with Crippen molar-refractivity contribution in [2.45, 2.75) is 25.8 Å². The molecule has 1 aromatic rings. The van der Waals surface area contributed by atoms with E-state index in [1.54, 1.807) is 11.4 Å². The lowest BCUT2D eigenvalue weighted by molar-refractivity contribution is -0.139. The Balaban J connectivity index is 2.65. The van der Waals surface area contributed by atoms with Crippen molar-refractivity contribution < 1.29 is 14.7 Å². The molecular weight excluding hydrogens is 341 g/mol. The van der Waals surface area contributed by atoms with E-state index in [0.717, 1.165) is 9.30 Å². The molecule has 0 aliphatic heterocycles.